The molecule has 0 aromatic heterocycles. The Kier molecular flexibility index (Phi) is 9.74. The van der Waals surface area contributed by atoms with Crippen LogP contribution in [0.2, 0.25) is 5.02 Å². The highest BCUT2D eigenvalue weighted by Crippen LogP contribution is 2.30. The standard InChI is InChI=1S/C29H36ClFN2O4/c1-19(2)37-24-13-11-21(16-25(24)35-6)8-7-9-23(28(34)33-14-15-36-18-29(33,4)5)32-17-22-12-10-20(3)26(30)27(22)31/h9-13,16-17,19H,7-8,14-15,18H2,1-6H3/b23-9+,32-17+. The van der Waals surface area contributed by atoms with Crippen LogP contribution in [0.3, 0.4) is 0 Å². The van der Waals surface area contributed by atoms with Crippen LogP contribution in [0.1, 0.15) is 50.8 Å². The Labute approximate surface area is 224 Å². The van der Waals surface area contributed by atoms with Crippen LogP contribution in [-0.4, -0.2) is 55.5 Å². The third-order valence-electron chi connectivity index (χ3n) is 6.12. The fourth-order valence-electron chi connectivity index (χ4n) is 4.06. The number of aliphatic imine (C=N–C) groups is 1. The molecule has 1 aliphatic heterocycles. The van der Waals surface area contributed by atoms with Crippen LogP contribution in [0, 0.1) is 12.7 Å². The zero-order valence-corrected chi connectivity index (χ0v) is 23.2. The van der Waals surface area contributed by atoms with Gasteiger partial charge in [-0.25, -0.2) is 4.39 Å². The number of carbonyl (C=O) groups is 1. The van der Waals surface area contributed by atoms with Gasteiger partial charge in [0.05, 0.1) is 37.0 Å². The van der Waals surface area contributed by atoms with Crippen LogP contribution in [-0.2, 0) is 16.0 Å². The van der Waals surface area contributed by atoms with E-state index in [1.54, 1.807) is 37.1 Å². The molecule has 1 saturated heterocycles. The fourth-order valence-corrected chi connectivity index (χ4v) is 4.23. The predicted octanol–water partition coefficient (Wildman–Crippen LogP) is 6.16. The van der Waals surface area contributed by atoms with E-state index in [0.717, 1.165) is 5.56 Å². The van der Waals surface area contributed by atoms with Crippen molar-refractivity contribution in [3.63, 3.8) is 0 Å². The zero-order chi connectivity index (χ0) is 27.2. The molecular weight excluding hydrogens is 495 g/mol. The Morgan fingerprint density at radius 2 is 2.03 bits per heavy atom. The minimum absolute atomic E-state index is 0.0341. The van der Waals surface area contributed by atoms with Gasteiger partial charge in [-0.3, -0.25) is 9.79 Å². The van der Waals surface area contributed by atoms with E-state index in [2.05, 4.69) is 4.99 Å². The average molecular weight is 531 g/mol. The van der Waals surface area contributed by atoms with E-state index in [0.29, 0.717) is 49.7 Å². The third-order valence-corrected chi connectivity index (χ3v) is 6.58. The summed E-state index contributed by atoms with van der Waals surface area (Å²) in [6.45, 7) is 10.9. The predicted molar refractivity (Wildman–Crippen MR) is 146 cm³/mol. The number of halogens is 2. The Morgan fingerprint density at radius 1 is 1.27 bits per heavy atom. The molecule has 6 nitrogen and oxygen atoms in total. The normalized spacial score (nSPS) is 15.9. The molecule has 0 unspecified atom stereocenters. The summed E-state index contributed by atoms with van der Waals surface area (Å²) < 4.78 is 31.5. The quantitative estimate of drug-likeness (QED) is 0.288. The lowest BCUT2D eigenvalue weighted by Gasteiger charge is -2.42. The van der Waals surface area contributed by atoms with Crippen LogP contribution in [0.25, 0.3) is 0 Å². The molecule has 1 fully saturated rings. The summed E-state index contributed by atoms with van der Waals surface area (Å²) in [6, 6.07) is 9.14. The van der Waals surface area contributed by atoms with Gasteiger partial charge in [0.15, 0.2) is 17.3 Å². The lowest BCUT2D eigenvalue weighted by atomic mass is 10.0. The van der Waals surface area contributed by atoms with Crippen molar-refractivity contribution in [2.24, 2.45) is 4.99 Å². The van der Waals surface area contributed by atoms with Gasteiger partial charge in [-0.05, 0) is 70.7 Å². The van der Waals surface area contributed by atoms with E-state index in [1.807, 2.05) is 45.9 Å². The lowest BCUT2D eigenvalue weighted by Crippen LogP contribution is -2.55. The first-order valence-electron chi connectivity index (χ1n) is 12.5. The van der Waals surface area contributed by atoms with E-state index in [9.17, 15) is 9.18 Å². The molecule has 0 N–H and O–H groups in total. The monoisotopic (exact) mass is 530 g/mol. The van der Waals surface area contributed by atoms with Crippen molar-refractivity contribution < 1.29 is 23.4 Å². The van der Waals surface area contributed by atoms with Crippen LogP contribution in [0.5, 0.6) is 11.5 Å². The summed E-state index contributed by atoms with van der Waals surface area (Å²) in [5.41, 5.74) is 1.66. The van der Waals surface area contributed by atoms with Gasteiger partial charge < -0.3 is 19.1 Å². The number of morpholine rings is 1. The van der Waals surface area contributed by atoms with E-state index in [-0.39, 0.29) is 28.3 Å². The number of hydrogen-bond acceptors (Lipinski definition) is 5. The summed E-state index contributed by atoms with van der Waals surface area (Å²) in [5, 5.41) is 0.0500. The third kappa shape index (κ3) is 7.33. The maximum Gasteiger partial charge on any atom is 0.272 e. The minimum Gasteiger partial charge on any atom is -0.493 e. The molecule has 2 aromatic carbocycles. The highest BCUT2D eigenvalue weighted by atomic mass is 35.5. The number of amides is 1. The molecule has 0 spiro atoms. The topological polar surface area (TPSA) is 60.4 Å². The molecule has 0 atom stereocenters. The van der Waals surface area contributed by atoms with E-state index >= 15 is 0 Å². The molecule has 1 amide bonds. The molecule has 0 radical (unpaired) electrons. The Hall–Kier alpha value is -2.90. The van der Waals surface area contributed by atoms with Crippen molar-refractivity contribution >= 4 is 23.7 Å². The largest absolute Gasteiger partial charge is 0.493 e. The smallest absolute Gasteiger partial charge is 0.272 e. The van der Waals surface area contributed by atoms with Gasteiger partial charge in [0.2, 0.25) is 0 Å². The second-order valence-corrected chi connectivity index (χ2v) is 10.3. The molecule has 0 bridgehead atoms. The number of ether oxygens (including phenoxy) is 3. The van der Waals surface area contributed by atoms with Gasteiger partial charge >= 0.3 is 0 Å². The molecule has 2 aromatic rings. The molecule has 0 aliphatic carbocycles. The number of nitrogens with zero attached hydrogens (tertiary/aromatic N) is 2. The molecule has 37 heavy (non-hydrogen) atoms. The van der Waals surface area contributed by atoms with E-state index in [1.165, 1.54) is 6.21 Å². The first-order valence-corrected chi connectivity index (χ1v) is 12.8. The van der Waals surface area contributed by atoms with Crippen molar-refractivity contribution in [2.45, 2.75) is 59.1 Å². The zero-order valence-electron chi connectivity index (χ0n) is 22.4. The van der Waals surface area contributed by atoms with Crippen molar-refractivity contribution in [1.82, 2.24) is 4.90 Å². The minimum atomic E-state index is -0.556. The molecule has 0 saturated carbocycles. The van der Waals surface area contributed by atoms with Gasteiger partial charge in [0, 0.05) is 18.3 Å². The van der Waals surface area contributed by atoms with Crippen molar-refractivity contribution in [3.8, 4) is 11.5 Å². The summed E-state index contributed by atoms with van der Waals surface area (Å²) in [6.07, 6.45) is 4.39. The number of carbonyl (C=O) groups excluding carboxylic acids is 1. The van der Waals surface area contributed by atoms with Crippen molar-refractivity contribution in [2.75, 3.05) is 26.9 Å². The maximum atomic E-state index is 14.7. The first-order chi connectivity index (χ1) is 17.5. The van der Waals surface area contributed by atoms with Gasteiger partial charge in [-0.2, -0.15) is 0 Å². The Morgan fingerprint density at radius 3 is 2.70 bits per heavy atom. The molecule has 3 rings (SSSR count). The molecule has 8 heteroatoms. The van der Waals surface area contributed by atoms with Gasteiger partial charge in [-0.15, -0.1) is 0 Å². The van der Waals surface area contributed by atoms with Crippen molar-refractivity contribution in [1.29, 1.82) is 0 Å². The molecule has 1 aliphatic rings. The molecule has 1 heterocycles. The molecular formula is C29H36ClFN2O4. The van der Waals surface area contributed by atoms with Crippen molar-refractivity contribution in [3.05, 3.63) is 69.6 Å². The van der Waals surface area contributed by atoms with Crippen LogP contribution >= 0.6 is 11.6 Å². The number of rotatable bonds is 9. The van der Waals surface area contributed by atoms with Crippen LogP contribution < -0.4 is 9.47 Å². The second kappa shape index (κ2) is 12.6. The SMILES string of the molecule is COc1cc(CC/C=C(/N=C/c2ccc(C)c(Cl)c2F)C(=O)N2CCOCC2(C)C)ccc1OC(C)C. The number of aryl methyl sites for hydroxylation is 2. The van der Waals surface area contributed by atoms with Crippen LogP contribution in [0.15, 0.2) is 47.1 Å². The number of benzene rings is 2. The summed E-state index contributed by atoms with van der Waals surface area (Å²) in [4.78, 5) is 19.8. The Bertz CT molecular complexity index is 1180. The van der Waals surface area contributed by atoms with E-state index in [4.69, 9.17) is 25.8 Å². The summed E-state index contributed by atoms with van der Waals surface area (Å²) in [5.74, 6) is 0.568. The molecule has 200 valence electrons. The number of methoxy groups -OCH3 is 1. The summed E-state index contributed by atoms with van der Waals surface area (Å²) in [7, 11) is 1.61. The number of allylic oxidation sites excluding steroid dienone is 1. The van der Waals surface area contributed by atoms with Gasteiger partial charge in [-0.1, -0.05) is 35.9 Å². The first kappa shape index (κ1) is 28.7. The highest BCUT2D eigenvalue weighted by molar-refractivity contribution is 6.31. The Balaban J connectivity index is 1.86. The maximum absolute atomic E-state index is 14.7. The second-order valence-electron chi connectivity index (χ2n) is 9.96. The highest BCUT2D eigenvalue weighted by Gasteiger charge is 2.35. The summed E-state index contributed by atoms with van der Waals surface area (Å²) >= 11 is 6.08. The fraction of sp³-hybridized carbons (Fsp3) is 0.448. The average Bonchev–Trinajstić information content (AvgIpc) is 2.85. The van der Waals surface area contributed by atoms with Gasteiger partial charge in [0.1, 0.15) is 5.70 Å². The van der Waals surface area contributed by atoms with E-state index < -0.39 is 11.4 Å². The number of hydrogen-bond donors (Lipinski definition) is 0. The van der Waals surface area contributed by atoms with Crippen LogP contribution in [0.4, 0.5) is 4.39 Å². The lowest BCUT2D eigenvalue weighted by molar-refractivity contribution is -0.142. The van der Waals surface area contributed by atoms with Gasteiger partial charge in [0.25, 0.3) is 5.91 Å².